The van der Waals surface area contributed by atoms with E-state index in [2.05, 4.69) is 31.3 Å². The van der Waals surface area contributed by atoms with E-state index in [0.717, 1.165) is 64.2 Å². The Hall–Kier alpha value is -1.47. The maximum atomic E-state index is 13.2. The molecule has 1 amide bonds. The van der Waals surface area contributed by atoms with Gasteiger partial charge in [0.1, 0.15) is 73.2 Å². The Morgan fingerprint density at radius 2 is 0.913 bits per heavy atom. The Labute approximate surface area is 410 Å². The summed E-state index contributed by atoms with van der Waals surface area (Å²) in [5.41, 5.74) is 0. The number of amides is 1. The maximum Gasteiger partial charge on any atom is 0.220 e. The molecular weight excluding hydrogens is 903 g/mol. The van der Waals surface area contributed by atoms with Gasteiger partial charge in [-0.2, -0.15) is 0 Å². The summed E-state index contributed by atoms with van der Waals surface area (Å²) in [5.74, 6) is -0.255. The van der Waals surface area contributed by atoms with E-state index in [-0.39, 0.29) is 18.9 Å². The Kier molecular flexibility index (Phi) is 31.9. The summed E-state index contributed by atoms with van der Waals surface area (Å²) in [4.78, 5) is 13.2. The van der Waals surface area contributed by atoms with Crippen molar-refractivity contribution in [3.8, 4) is 0 Å². The molecule has 3 aliphatic heterocycles. The van der Waals surface area contributed by atoms with Gasteiger partial charge < -0.3 is 89.9 Å². The van der Waals surface area contributed by atoms with Gasteiger partial charge >= 0.3 is 0 Å². The van der Waals surface area contributed by atoms with Crippen LogP contribution < -0.4 is 5.32 Å². The van der Waals surface area contributed by atoms with Crippen molar-refractivity contribution in [2.24, 2.45) is 0 Å². The topological polar surface area (TPSA) is 307 Å². The molecular formula is C50H93NO18. The molecule has 19 heteroatoms. The van der Waals surface area contributed by atoms with Gasteiger partial charge in [0.05, 0.1) is 38.6 Å². The van der Waals surface area contributed by atoms with E-state index in [1.807, 2.05) is 0 Å². The maximum absolute atomic E-state index is 13.2. The van der Waals surface area contributed by atoms with E-state index in [0.29, 0.717) is 12.8 Å². The minimum Gasteiger partial charge on any atom is -0.394 e. The van der Waals surface area contributed by atoms with Crippen molar-refractivity contribution in [3.05, 3.63) is 12.2 Å². The summed E-state index contributed by atoms with van der Waals surface area (Å²) < 4.78 is 34.2. The van der Waals surface area contributed by atoms with E-state index in [1.165, 1.54) is 70.6 Å². The number of carbonyl (C=O) groups is 1. The van der Waals surface area contributed by atoms with Gasteiger partial charge in [-0.05, 0) is 38.5 Å². The number of hydrogen-bond donors (Lipinski definition) is 12. The monoisotopic (exact) mass is 996 g/mol. The largest absolute Gasteiger partial charge is 0.394 e. The first-order valence-corrected chi connectivity index (χ1v) is 26.4. The second-order valence-corrected chi connectivity index (χ2v) is 19.3. The lowest BCUT2D eigenvalue weighted by Crippen LogP contribution is -2.66. The SMILES string of the molecule is CCCCCC/C=C\CCCCCCCC(=O)NC(COC1OC(CO)C(OC2OC(CO)C(OC3OC(CO)C(O)C(O)C3O)C(O)C2O)C(O)C1O)C(O)CCCCCCCCCCCCC. The van der Waals surface area contributed by atoms with Crippen molar-refractivity contribution in [2.75, 3.05) is 26.4 Å². The fourth-order valence-electron chi connectivity index (χ4n) is 9.13. The van der Waals surface area contributed by atoms with E-state index in [4.69, 9.17) is 28.4 Å². The van der Waals surface area contributed by atoms with Gasteiger partial charge in [0.2, 0.25) is 5.91 Å². The number of carbonyl (C=O) groups excluding carboxylic acids is 1. The second kappa shape index (κ2) is 35.6. The Morgan fingerprint density at radius 1 is 0.507 bits per heavy atom. The van der Waals surface area contributed by atoms with Crippen LogP contribution in [-0.4, -0.2) is 193 Å². The van der Waals surface area contributed by atoms with Gasteiger partial charge in [-0.25, -0.2) is 0 Å². The van der Waals surface area contributed by atoms with Crippen molar-refractivity contribution < 1.29 is 89.4 Å². The van der Waals surface area contributed by atoms with Gasteiger partial charge in [0.25, 0.3) is 0 Å². The molecule has 0 aromatic heterocycles. The fraction of sp³-hybridized carbons (Fsp3) is 0.940. The number of hydrogen-bond acceptors (Lipinski definition) is 18. The second-order valence-electron chi connectivity index (χ2n) is 19.3. The van der Waals surface area contributed by atoms with Crippen molar-refractivity contribution in [3.63, 3.8) is 0 Å². The van der Waals surface area contributed by atoms with Gasteiger partial charge in [-0.1, -0.05) is 135 Å². The summed E-state index contributed by atoms with van der Waals surface area (Å²) in [6, 6.07) is -0.885. The highest BCUT2D eigenvalue weighted by Gasteiger charge is 2.53. The average Bonchev–Trinajstić information content (AvgIpc) is 3.34. The summed E-state index contributed by atoms with van der Waals surface area (Å²) in [6.45, 7) is 1.72. The summed E-state index contributed by atoms with van der Waals surface area (Å²) in [5, 5.41) is 120. The highest BCUT2D eigenvalue weighted by atomic mass is 16.8. The number of aliphatic hydroxyl groups is 11. The summed E-state index contributed by atoms with van der Waals surface area (Å²) in [7, 11) is 0. The summed E-state index contributed by atoms with van der Waals surface area (Å²) in [6.07, 6.45) is 3.20. The van der Waals surface area contributed by atoms with Crippen molar-refractivity contribution in [1.29, 1.82) is 0 Å². The van der Waals surface area contributed by atoms with Crippen LogP contribution in [0.5, 0.6) is 0 Å². The zero-order valence-electron chi connectivity index (χ0n) is 41.5. The Morgan fingerprint density at radius 3 is 1.42 bits per heavy atom. The molecule has 17 unspecified atom stereocenters. The van der Waals surface area contributed by atoms with Crippen molar-refractivity contribution in [2.45, 2.75) is 272 Å². The van der Waals surface area contributed by atoms with E-state index < -0.39 is 124 Å². The number of nitrogens with one attached hydrogen (secondary N) is 1. The van der Waals surface area contributed by atoms with E-state index in [1.54, 1.807) is 0 Å². The summed E-state index contributed by atoms with van der Waals surface area (Å²) >= 11 is 0. The Bertz CT molecular complexity index is 1330. The van der Waals surface area contributed by atoms with Crippen LogP contribution in [0.4, 0.5) is 0 Å². The molecule has 69 heavy (non-hydrogen) atoms. The predicted molar refractivity (Wildman–Crippen MR) is 254 cm³/mol. The molecule has 19 nitrogen and oxygen atoms in total. The third-order valence-electron chi connectivity index (χ3n) is 13.6. The van der Waals surface area contributed by atoms with Crippen LogP contribution in [-0.2, 0) is 33.2 Å². The molecule has 0 aromatic rings. The minimum atomic E-state index is -1.97. The fourth-order valence-corrected chi connectivity index (χ4v) is 9.13. The molecule has 12 N–H and O–H groups in total. The van der Waals surface area contributed by atoms with Crippen LogP contribution in [0, 0.1) is 0 Å². The van der Waals surface area contributed by atoms with Gasteiger partial charge in [-0.15, -0.1) is 0 Å². The average molecular weight is 996 g/mol. The van der Waals surface area contributed by atoms with Crippen LogP contribution in [0.25, 0.3) is 0 Å². The van der Waals surface area contributed by atoms with Crippen molar-refractivity contribution >= 4 is 5.91 Å². The van der Waals surface area contributed by atoms with Crippen LogP contribution in [0.2, 0.25) is 0 Å². The van der Waals surface area contributed by atoms with E-state index in [9.17, 15) is 61.0 Å². The molecule has 17 atom stereocenters. The molecule has 3 heterocycles. The predicted octanol–water partition coefficient (Wildman–Crippen LogP) is 2.26. The third-order valence-corrected chi connectivity index (χ3v) is 13.6. The third kappa shape index (κ3) is 21.5. The zero-order valence-corrected chi connectivity index (χ0v) is 41.5. The van der Waals surface area contributed by atoms with Crippen molar-refractivity contribution in [1.82, 2.24) is 5.32 Å². The number of rotatable bonds is 37. The van der Waals surface area contributed by atoms with E-state index >= 15 is 0 Å². The first kappa shape index (κ1) is 61.8. The molecule has 3 saturated heterocycles. The van der Waals surface area contributed by atoms with Gasteiger partial charge in [0, 0.05) is 6.42 Å². The lowest BCUT2D eigenvalue weighted by Gasteiger charge is -2.48. The van der Waals surface area contributed by atoms with Crippen LogP contribution in [0.15, 0.2) is 12.2 Å². The molecule has 0 saturated carbocycles. The first-order valence-electron chi connectivity index (χ1n) is 26.4. The lowest BCUT2D eigenvalue weighted by atomic mass is 9.96. The van der Waals surface area contributed by atoms with Gasteiger partial charge in [-0.3, -0.25) is 4.79 Å². The number of aliphatic hydroxyl groups excluding tert-OH is 11. The highest BCUT2D eigenvalue weighted by Crippen LogP contribution is 2.33. The highest BCUT2D eigenvalue weighted by molar-refractivity contribution is 5.76. The molecule has 406 valence electrons. The standard InChI is InChI=1S/C50H93NO18/c1-3-5-7-9-11-13-15-16-18-20-22-24-26-28-38(56)51-33(34(55)27-25-23-21-19-17-14-12-10-8-6-4-2)32-64-48-44(62)41(59)46(36(30-53)66-48)69-50-45(63)42(60)47(37(31-54)67-50)68-49-43(61)40(58)39(57)35(29-52)65-49/h13,15,33-37,39-50,52-55,57-63H,3-12,14,16-32H2,1-2H3,(H,51,56)/b15-13-. The molecule has 0 radical (unpaired) electrons. The first-order chi connectivity index (χ1) is 33.3. The molecule has 3 fully saturated rings. The lowest BCUT2D eigenvalue weighted by molar-refractivity contribution is -0.379. The number of allylic oxidation sites excluding steroid dienone is 2. The molecule has 0 aromatic carbocycles. The molecule has 3 aliphatic rings. The zero-order chi connectivity index (χ0) is 50.6. The van der Waals surface area contributed by atoms with Gasteiger partial charge in [0.15, 0.2) is 18.9 Å². The Balaban J connectivity index is 1.55. The van der Waals surface area contributed by atoms with Crippen LogP contribution in [0.3, 0.4) is 0 Å². The normalized spacial score (nSPS) is 32.9. The molecule has 0 aliphatic carbocycles. The number of unbranched alkanes of at least 4 members (excludes halogenated alkanes) is 19. The van der Waals surface area contributed by atoms with Crippen LogP contribution >= 0.6 is 0 Å². The smallest absolute Gasteiger partial charge is 0.220 e. The molecule has 0 bridgehead atoms. The number of ether oxygens (including phenoxy) is 6. The molecule has 0 spiro atoms. The molecule has 3 rings (SSSR count). The quantitative estimate of drug-likeness (QED) is 0.0314. The minimum absolute atomic E-state index is 0.255. The van der Waals surface area contributed by atoms with Crippen LogP contribution in [0.1, 0.15) is 168 Å².